The maximum atomic E-state index is 12.6. The Kier molecular flexibility index (Phi) is 4.56. The summed E-state index contributed by atoms with van der Waals surface area (Å²) < 4.78 is 0. The number of amides is 1. The predicted octanol–water partition coefficient (Wildman–Crippen LogP) is 3.54. The summed E-state index contributed by atoms with van der Waals surface area (Å²) in [6, 6.07) is 3.16. The molecule has 3 saturated carbocycles. The molecule has 0 spiro atoms. The van der Waals surface area contributed by atoms with Crippen molar-refractivity contribution in [3.8, 4) is 0 Å². The molecule has 1 heterocycles. The molecule has 3 fully saturated rings. The van der Waals surface area contributed by atoms with Gasteiger partial charge >= 0.3 is 0 Å². The molecule has 1 aliphatic heterocycles. The van der Waals surface area contributed by atoms with E-state index in [1.807, 2.05) is 0 Å². The van der Waals surface area contributed by atoms with E-state index in [0.717, 1.165) is 38.5 Å². The summed E-state index contributed by atoms with van der Waals surface area (Å²) in [4.78, 5) is 14.9. The van der Waals surface area contributed by atoms with Crippen molar-refractivity contribution < 1.29 is 15.0 Å². The third-order valence-electron chi connectivity index (χ3n) is 7.54. The number of rotatable bonds is 4. The predicted molar refractivity (Wildman–Crippen MR) is 106 cm³/mol. The standard InChI is InChI=1S/C20H26Cl2N2O3/c1-24(2)19-8-5-18(6-9-19,7-10-19)14(25)11-20(27)15-12(21)3-4-13(22)16(15)23-17(20)26/h3-4,14,25,27H,5-11H2,1-2H3,(H,23,26)/t14?,18?,19?,20-/m0/s1. The number of aliphatic hydroxyl groups is 2. The van der Waals surface area contributed by atoms with Gasteiger partial charge in [0.15, 0.2) is 5.60 Å². The Balaban J connectivity index is 1.61. The zero-order valence-electron chi connectivity index (χ0n) is 15.7. The van der Waals surface area contributed by atoms with Crippen molar-refractivity contribution in [1.82, 2.24) is 4.90 Å². The first-order valence-corrected chi connectivity index (χ1v) is 10.3. The quantitative estimate of drug-likeness (QED) is 0.706. The number of anilines is 1. The third-order valence-corrected chi connectivity index (χ3v) is 8.17. The SMILES string of the molecule is CN(C)C12CCC(C(O)C[C@@]3(O)C(=O)Nc4c(Cl)ccc(Cl)c43)(CC1)CC2. The summed E-state index contributed by atoms with van der Waals surface area (Å²) in [6.45, 7) is 0. The number of carbonyl (C=O) groups is 1. The summed E-state index contributed by atoms with van der Waals surface area (Å²) in [5.41, 5.74) is -1.25. The average Bonchev–Trinajstić information content (AvgIpc) is 2.92. The Hall–Kier alpha value is -0.850. The van der Waals surface area contributed by atoms with Crippen LogP contribution in [0.15, 0.2) is 12.1 Å². The van der Waals surface area contributed by atoms with Gasteiger partial charge in [-0.05, 0) is 70.2 Å². The van der Waals surface area contributed by atoms with Crippen molar-refractivity contribution in [2.75, 3.05) is 19.4 Å². The molecule has 3 aliphatic carbocycles. The highest BCUT2D eigenvalue weighted by Crippen LogP contribution is 2.58. The number of carbonyl (C=O) groups excluding carboxylic acids is 1. The topological polar surface area (TPSA) is 72.8 Å². The lowest BCUT2D eigenvalue weighted by atomic mass is 9.54. The molecule has 3 N–H and O–H groups in total. The lowest BCUT2D eigenvalue weighted by molar-refractivity contribution is -0.148. The first-order chi connectivity index (χ1) is 12.6. The van der Waals surface area contributed by atoms with Crippen molar-refractivity contribution >= 4 is 34.8 Å². The van der Waals surface area contributed by atoms with Crippen LogP contribution in [0.3, 0.4) is 0 Å². The highest BCUT2D eigenvalue weighted by molar-refractivity contribution is 6.38. The number of hydrogen-bond donors (Lipinski definition) is 3. The molecule has 7 heteroatoms. The van der Waals surface area contributed by atoms with Gasteiger partial charge in [0.1, 0.15) is 0 Å². The van der Waals surface area contributed by atoms with Crippen molar-refractivity contribution in [3.05, 3.63) is 27.7 Å². The van der Waals surface area contributed by atoms with E-state index in [9.17, 15) is 15.0 Å². The minimum absolute atomic E-state index is 0.0686. The molecule has 1 aromatic carbocycles. The molecule has 5 rings (SSSR count). The smallest absolute Gasteiger partial charge is 0.261 e. The van der Waals surface area contributed by atoms with Gasteiger partial charge in [-0.25, -0.2) is 0 Å². The van der Waals surface area contributed by atoms with Gasteiger partial charge in [-0.3, -0.25) is 4.79 Å². The lowest BCUT2D eigenvalue weighted by Crippen LogP contribution is -2.57. The molecule has 0 aromatic heterocycles. The van der Waals surface area contributed by atoms with E-state index >= 15 is 0 Å². The maximum absolute atomic E-state index is 12.6. The zero-order chi connectivity index (χ0) is 19.6. The molecule has 0 radical (unpaired) electrons. The summed E-state index contributed by atoms with van der Waals surface area (Å²) in [6.07, 6.45) is 4.96. The van der Waals surface area contributed by atoms with Gasteiger partial charge in [-0.15, -0.1) is 0 Å². The van der Waals surface area contributed by atoms with Crippen LogP contribution < -0.4 is 5.32 Å². The number of aliphatic hydroxyl groups excluding tert-OH is 1. The molecule has 148 valence electrons. The molecule has 27 heavy (non-hydrogen) atoms. The summed E-state index contributed by atoms with van der Waals surface area (Å²) in [7, 11) is 4.26. The molecule has 4 aliphatic rings. The largest absolute Gasteiger partial charge is 0.392 e. The van der Waals surface area contributed by atoms with Crippen molar-refractivity contribution in [1.29, 1.82) is 0 Å². The second-order valence-electron chi connectivity index (χ2n) is 8.79. The zero-order valence-corrected chi connectivity index (χ0v) is 17.2. The highest BCUT2D eigenvalue weighted by Gasteiger charge is 2.56. The van der Waals surface area contributed by atoms with Gasteiger partial charge in [0.05, 0.1) is 16.8 Å². The third kappa shape index (κ3) is 2.74. The van der Waals surface area contributed by atoms with Crippen LogP contribution in [-0.4, -0.2) is 46.8 Å². The number of nitrogens with one attached hydrogen (secondary N) is 1. The first-order valence-electron chi connectivity index (χ1n) is 9.51. The number of halogens is 2. The maximum Gasteiger partial charge on any atom is 0.261 e. The second kappa shape index (κ2) is 6.33. The van der Waals surface area contributed by atoms with E-state index in [1.54, 1.807) is 12.1 Å². The van der Waals surface area contributed by atoms with E-state index in [4.69, 9.17) is 23.2 Å². The molecule has 1 aromatic rings. The van der Waals surface area contributed by atoms with Gasteiger partial charge in [-0.1, -0.05) is 23.2 Å². The minimum Gasteiger partial charge on any atom is -0.392 e. The molecule has 1 amide bonds. The van der Waals surface area contributed by atoms with Crippen molar-refractivity contribution in [2.24, 2.45) is 5.41 Å². The molecule has 2 bridgehead atoms. The van der Waals surface area contributed by atoms with Crippen LogP contribution in [0.2, 0.25) is 10.0 Å². The van der Waals surface area contributed by atoms with Gasteiger partial charge in [0.25, 0.3) is 5.91 Å². The van der Waals surface area contributed by atoms with Gasteiger partial charge < -0.3 is 20.4 Å². The minimum atomic E-state index is -1.86. The monoisotopic (exact) mass is 412 g/mol. The van der Waals surface area contributed by atoms with Crippen LogP contribution >= 0.6 is 23.2 Å². The molecule has 2 atom stereocenters. The Bertz CT molecular complexity index is 773. The number of nitrogens with zero attached hydrogens (tertiary/aromatic N) is 1. The molecule has 0 saturated heterocycles. The van der Waals surface area contributed by atoms with Crippen molar-refractivity contribution in [2.45, 2.75) is 62.2 Å². The lowest BCUT2D eigenvalue weighted by Gasteiger charge is -2.58. The number of fused-ring (bicyclic) bond motifs is 4. The fourth-order valence-corrected chi connectivity index (χ4v) is 5.98. The van der Waals surface area contributed by atoms with E-state index in [0.29, 0.717) is 10.7 Å². The number of benzene rings is 1. The Labute approximate surface area is 169 Å². The van der Waals surface area contributed by atoms with Crippen LogP contribution in [0.1, 0.15) is 50.5 Å². The molecular formula is C20H26Cl2N2O3. The summed E-state index contributed by atoms with van der Waals surface area (Å²) in [5, 5.41) is 25.7. The van der Waals surface area contributed by atoms with Crippen LogP contribution in [0, 0.1) is 5.41 Å². The van der Waals surface area contributed by atoms with E-state index < -0.39 is 17.6 Å². The summed E-state index contributed by atoms with van der Waals surface area (Å²) in [5.74, 6) is -0.572. The van der Waals surface area contributed by atoms with Crippen LogP contribution in [0.25, 0.3) is 0 Å². The normalized spacial score (nSPS) is 36.0. The van der Waals surface area contributed by atoms with Crippen LogP contribution in [-0.2, 0) is 10.4 Å². The Morgan fingerprint density at radius 2 is 1.67 bits per heavy atom. The van der Waals surface area contributed by atoms with Gasteiger partial charge in [-0.2, -0.15) is 0 Å². The first kappa shape index (κ1) is 19.5. The molecule has 1 unspecified atom stereocenters. The van der Waals surface area contributed by atoms with Crippen molar-refractivity contribution in [3.63, 3.8) is 0 Å². The van der Waals surface area contributed by atoms with Gasteiger partial charge in [0, 0.05) is 22.5 Å². The Morgan fingerprint density at radius 1 is 1.11 bits per heavy atom. The highest BCUT2D eigenvalue weighted by atomic mass is 35.5. The fraction of sp³-hybridized carbons (Fsp3) is 0.650. The second-order valence-corrected chi connectivity index (χ2v) is 9.61. The summed E-state index contributed by atoms with van der Waals surface area (Å²) >= 11 is 12.5. The van der Waals surface area contributed by atoms with E-state index in [1.165, 1.54) is 0 Å². The van der Waals surface area contributed by atoms with Crippen LogP contribution in [0.4, 0.5) is 5.69 Å². The molecule has 5 nitrogen and oxygen atoms in total. The Morgan fingerprint density at radius 3 is 2.22 bits per heavy atom. The average molecular weight is 413 g/mol. The fourth-order valence-electron chi connectivity index (χ4n) is 5.47. The number of hydrogen-bond acceptors (Lipinski definition) is 4. The van der Waals surface area contributed by atoms with E-state index in [-0.39, 0.29) is 28.0 Å². The van der Waals surface area contributed by atoms with Crippen LogP contribution in [0.5, 0.6) is 0 Å². The molecular weight excluding hydrogens is 387 g/mol. The van der Waals surface area contributed by atoms with E-state index in [2.05, 4.69) is 24.3 Å². The van der Waals surface area contributed by atoms with Gasteiger partial charge in [0.2, 0.25) is 0 Å².